The van der Waals surface area contributed by atoms with Crippen LogP contribution in [0.15, 0.2) is 53.1 Å². The van der Waals surface area contributed by atoms with Gasteiger partial charge in [-0.2, -0.15) is 0 Å². The topological polar surface area (TPSA) is 89.0 Å². The Hall–Kier alpha value is -2.45. The van der Waals surface area contributed by atoms with Crippen LogP contribution in [0.1, 0.15) is 43.4 Å². The zero-order valence-corrected chi connectivity index (χ0v) is 18.7. The summed E-state index contributed by atoms with van der Waals surface area (Å²) in [6.45, 7) is -0.180. The van der Waals surface area contributed by atoms with E-state index in [9.17, 15) is 14.7 Å². The van der Waals surface area contributed by atoms with Gasteiger partial charge in [-0.05, 0) is 52.9 Å². The molecule has 0 radical (unpaired) electrons. The molecule has 7 nitrogen and oxygen atoms in total. The monoisotopic (exact) mass is 488 g/mol. The van der Waals surface area contributed by atoms with Crippen molar-refractivity contribution >= 4 is 28.0 Å². The van der Waals surface area contributed by atoms with Gasteiger partial charge in [0, 0.05) is 35.6 Å². The average Bonchev–Trinajstić information content (AvgIpc) is 2.76. The van der Waals surface area contributed by atoms with Crippen molar-refractivity contribution < 1.29 is 24.2 Å². The Morgan fingerprint density at radius 2 is 1.84 bits per heavy atom. The molecule has 3 heterocycles. The van der Waals surface area contributed by atoms with Crippen molar-refractivity contribution in [2.75, 3.05) is 6.61 Å². The van der Waals surface area contributed by atoms with Gasteiger partial charge in [0.2, 0.25) is 0 Å². The number of fused-ring (bicyclic) bond motifs is 2. The van der Waals surface area contributed by atoms with E-state index in [1.165, 1.54) is 0 Å². The largest absolute Gasteiger partial charge is 0.480 e. The van der Waals surface area contributed by atoms with Gasteiger partial charge in [-0.25, -0.2) is 9.59 Å². The number of piperidine rings is 2. The van der Waals surface area contributed by atoms with Crippen molar-refractivity contribution in [1.29, 1.82) is 0 Å². The number of hydrogen-bond acceptors (Lipinski definition) is 5. The average molecular weight is 489 g/mol. The van der Waals surface area contributed by atoms with E-state index in [-0.39, 0.29) is 24.8 Å². The summed E-state index contributed by atoms with van der Waals surface area (Å²) in [4.78, 5) is 30.6. The van der Waals surface area contributed by atoms with Crippen molar-refractivity contribution in [3.8, 4) is 0 Å². The summed E-state index contributed by atoms with van der Waals surface area (Å²) in [5.74, 6) is -1.02. The number of ether oxygens (including phenoxy) is 2. The summed E-state index contributed by atoms with van der Waals surface area (Å²) in [6.07, 6.45) is 5.02. The van der Waals surface area contributed by atoms with Gasteiger partial charge in [-0.3, -0.25) is 4.98 Å². The molecule has 2 bridgehead atoms. The molecule has 164 valence electrons. The summed E-state index contributed by atoms with van der Waals surface area (Å²) in [7, 11) is 0. The van der Waals surface area contributed by atoms with Crippen LogP contribution < -0.4 is 0 Å². The van der Waals surface area contributed by atoms with E-state index in [2.05, 4.69) is 20.9 Å². The van der Waals surface area contributed by atoms with E-state index in [1.54, 1.807) is 6.20 Å². The van der Waals surface area contributed by atoms with Crippen molar-refractivity contribution in [3.63, 3.8) is 0 Å². The van der Waals surface area contributed by atoms with Gasteiger partial charge in [0.1, 0.15) is 18.8 Å². The number of carbonyl (C=O) groups excluding carboxylic acids is 1. The number of pyridine rings is 1. The molecule has 2 aliphatic rings. The lowest BCUT2D eigenvalue weighted by molar-refractivity contribution is -0.164. The molecule has 8 heteroatoms. The zero-order chi connectivity index (χ0) is 21.8. The van der Waals surface area contributed by atoms with Gasteiger partial charge in [0.15, 0.2) is 0 Å². The van der Waals surface area contributed by atoms with Crippen molar-refractivity contribution in [2.24, 2.45) is 0 Å². The smallest absolute Gasteiger partial charge is 0.410 e. The lowest BCUT2D eigenvalue weighted by Crippen LogP contribution is -2.59. The first-order valence-corrected chi connectivity index (χ1v) is 11.2. The number of aliphatic carboxylic acids is 1. The van der Waals surface area contributed by atoms with Crippen molar-refractivity contribution in [3.05, 3.63) is 64.4 Å². The maximum atomic E-state index is 13.0. The first kappa shape index (κ1) is 21.8. The molecule has 2 aromatic rings. The molecule has 4 rings (SSSR count). The summed E-state index contributed by atoms with van der Waals surface area (Å²) < 4.78 is 12.5. The molecule has 1 aromatic carbocycles. The summed E-state index contributed by atoms with van der Waals surface area (Å²) in [6, 6.07) is 13.2. The lowest BCUT2D eigenvalue weighted by Gasteiger charge is -2.52. The maximum absolute atomic E-state index is 13.0. The Kier molecular flexibility index (Phi) is 6.57. The minimum absolute atomic E-state index is 0.0879. The number of rotatable bonds is 6. The number of hydrogen-bond donors (Lipinski definition) is 1. The normalized spacial score (nSPS) is 25.1. The van der Waals surface area contributed by atoms with Gasteiger partial charge in [-0.15, -0.1) is 0 Å². The standard InChI is InChI=1S/C23H25BrN2O5/c24-17-9-10-20(25-13-17)23(31-15-21(27)28)11-18-7-4-8-19(12-23)26(18)22(29)30-14-16-5-2-1-3-6-16/h1-3,5-6,9-10,13,18-19H,4,7-8,11-12,14-15H2,(H,27,28). The Balaban J connectivity index is 1.54. The highest BCUT2D eigenvalue weighted by atomic mass is 79.9. The molecule has 2 saturated heterocycles. The number of halogens is 1. The van der Waals surface area contributed by atoms with Crippen LogP contribution in [0.3, 0.4) is 0 Å². The van der Waals surface area contributed by atoms with Crippen LogP contribution in [0.25, 0.3) is 0 Å². The summed E-state index contributed by atoms with van der Waals surface area (Å²) in [5, 5.41) is 9.23. The lowest BCUT2D eigenvalue weighted by atomic mass is 9.74. The Morgan fingerprint density at radius 1 is 1.13 bits per heavy atom. The van der Waals surface area contributed by atoms with Crippen molar-refractivity contribution in [2.45, 2.75) is 56.4 Å². The highest BCUT2D eigenvalue weighted by Gasteiger charge is 2.51. The number of amides is 1. The highest BCUT2D eigenvalue weighted by Crippen LogP contribution is 2.46. The third-order valence-electron chi connectivity index (χ3n) is 6.07. The molecule has 1 aromatic heterocycles. The Morgan fingerprint density at radius 3 is 2.45 bits per heavy atom. The second-order valence-electron chi connectivity index (χ2n) is 8.13. The third-order valence-corrected chi connectivity index (χ3v) is 6.54. The molecule has 0 spiro atoms. The second kappa shape index (κ2) is 9.36. The molecule has 0 saturated carbocycles. The number of carbonyl (C=O) groups is 2. The zero-order valence-electron chi connectivity index (χ0n) is 17.1. The van der Waals surface area contributed by atoms with Crippen LogP contribution in [0.4, 0.5) is 4.79 Å². The molecular weight excluding hydrogens is 464 g/mol. The summed E-state index contributed by atoms with van der Waals surface area (Å²) in [5.41, 5.74) is 0.799. The van der Waals surface area contributed by atoms with Crippen LogP contribution in [0, 0.1) is 0 Å². The molecule has 2 unspecified atom stereocenters. The van der Waals surface area contributed by atoms with Crippen LogP contribution in [0.2, 0.25) is 0 Å². The van der Waals surface area contributed by atoms with E-state index in [1.807, 2.05) is 47.4 Å². The number of carboxylic acids is 1. The molecule has 0 aliphatic carbocycles. The fourth-order valence-electron chi connectivity index (χ4n) is 4.75. The minimum atomic E-state index is -1.02. The van der Waals surface area contributed by atoms with E-state index < -0.39 is 18.2 Å². The summed E-state index contributed by atoms with van der Waals surface area (Å²) >= 11 is 3.40. The van der Waals surface area contributed by atoms with Crippen LogP contribution in [0.5, 0.6) is 0 Å². The van der Waals surface area contributed by atoms with Crippen LogP contribution >= 0.6 is 15.9 Å². The fraction of sp³-hybridized carbons (Fsp3) is 0.435. The van der Waals surface area contributed by atoms with Gasteiger partial charge in [0.25, 0.3) is 0 Å². The quantitative estimate of drug-likeness (QED) is 0.643. The van der Waals surface area contributed by atoms with E-state index in [4.69, 9.17) is 9.47 Å². The van der Waals surface area contributed by atoms with E-state index in [0.29, 0.717) is 18.5 Å². The number of aromatic nitrogens is 1. The van der Waals surface area contributed by atoms with Gasteiger partial charge in [0.05, 0.1) is 5.69 Å². The van der Waals surface area contributed by atoms with Gasteiger partial charge in [-0.1, -0.05) is 30.3 Å². The molecule has 2 atom stereocenters. The number of benzene rings is 1. The van der Waals surface area contributed by atoms with Gasteiger partial charge < -0.3 is 19.5 Å². The molecule has 1 amide bonds. The van der Waals surface area contributed by atoms with E-state index >= 15 is 0 Å². The molecular formula is C23H25BrN2O5. The van der Waals surface area contributed by atoms with Crippen LogP contribution in [-0.2, 0) is 26.5 Å². The van der Waals surface area contributed by atoms with E-state index in [0.717, 1.165) is 29.3 Å². The number of nitrogens with zero attached hydrogens (tertiary/aromatic N) is 2. The fourth-order valence-corrected chi connectivity index (χ4v) is 4.98. The first-order chi connectivity index (χ1) is 15.0. The SMILES string of the molecule is O=C(O)COC1(c2ccc(Br)cn2)CC2CCCC(C1)N2C(=O)OCc1ccccc1. The predicted octanol–water partition coefficient (Wildman–Crippen LogP) is 4.49. The molecule has 31 heavy (non-hydrogen) atoms. The Labute approximate surface area is 189 Å². The number of carboxylic acid groups (broad SMARTS) is 1. The maximum Gasteiger partial charge on any atom is 0.410 e. The van der Waals surface area contributed by atoms with Gasteiger partial charge >= 0.3 is 12.1 Å². The molecule has 1 N–H and O–H groups in total. The van der Waals surface area contributed by atoms with Crippen LogP contribution in [-0.4, -0.2) is 45.7 Å². The van der Waals surface area contributed by atoms with Crippen molar-refractivity contribution in [1.82, 2.24) is 9.88 Å². The third kappa shape index (κ3) is 4.91. The second-order valence-corrected chi connectivity index (χ2v) is 9.05. The highest BCUT2D eigenvalue weighted by molar-refractivity contribution is 9.10. The minimum Gasteiger partial charge on any atom is -0.480 e. The molecule has 2 aliphatic heterocycles. The molecule has 2 fully saturated rings. The Bertz CT molecular complexity index is 907. The predicted molar refractivity (Wildman–Crippen MR) is 116 cm³/mol. The first-order valence-electron chi connectivity index (χ1n) is 10.4.